The fraction of sp³-hybridized carbons (Fsp3) is 0.529. The van der Waals surface area contributed by atoms with Crippen molar-refractivity contribution in [3.05, 3.63) is 34.3 Å². The molecule has 1 aromatic rings. The van der Waals surface area contributed by atoms with Crippen LogP contribution in [0.2, 0.25) is 0 Å². The van der Waals surface area contributed by atoms with Crippen molar-refractivity contribution in [2.45, 2.75) is 45.1 Å². The van der Waals surface area contributed by atoms with E-state index in [1.54, 1.807) is 4.90 Å². The van der Waals surface area contributed by atoms with Gasteiger partial charge in [0.2, 0.25) is 5.91 Å². The summed E-state index contributed by atoms with van der Waals surface area (Å²) < 4.78 is 0.995. The number of benzene rings is 1. The Morgan fingerprint density at radius 1 is 1.36 bits per heavy atom. The fourth-order valence-corrected chi connectivity index (χ4v) is 3.47. The number of carbonyl (C=O) groups is 2. The normalized spacial score (nSPS) is 19.7. The summed E-state index contributed by atoms with van der Waals surface area (Å²) in [5.41, 5.74) is 1.09. The molecule has 22 heavy (non-hydrogen) atoms. The molecule has 1 aromatic carbocycles. The van der Waals surface area contributed by atoms with Crippen molar-refractivity contribution in [2.24, 2.45) is 5.92 Å². The number of piperidine rings is 1. The van der Waals surface area contributed by atoms with E-state index < -0.39 is 12.0 Å². The first kappa shape index (κ1) is 17.0. The predicted molar refractivity (Wildman–Crippen MR) is 88.6 cm³/mol. The Morgan fingerprint density at radius 2 is 2.09 bits per heavy atom. The highest BCUT2D eigenvalue weighted by Gasteiger charge is 2.34. The van der Waals surface area contributed by atoms with Crippen molar-refractivity contribution in [1.29, 1.82) is 0 Å². The number of amides is 1. The van der Waals surface area contributed by atoms with Crippen LogP contribution in [-0.4, -0.2) is 34.5 Å². The minimum absolute atomic E-state index is 0.0228. The number of halogens is 1. The molecule has 1 fully saturated rings. The number of carboxylic acids is 1. The molecule has 2 atom stereocenters. The first-order valence-corrected chi connectivity index (χ1v) is 8.60. The SMILES string of the molecule is CCC(Cc1ccccc1Br)C(=O)N1CCCCC1C(=O)O. The third-order valence-corrected chi connectivity index (χ3v) is 5.11. The number of carboxylic acid groups (broad SMARTS) is 1. The van der Waals surface area contributed by atoms with Gasteiger partial charge in [-0.15, -0.1) is 0 Å². The number of rotatable bonds is 5. The van der Waals surface area contributed by atoms with Gasteiger partial charge in [0.25, 0.3) is 0 Å². The molecule has 0 aromatic heterocycles. The lowest BCUT2D eigenvalue weighted by Gasteiger charge is -2.35. The third-order valence-electron chi connectivity index (χ3n) is 4.34. The standard InChI is InChI=1S/C17H22BrNO3/c1-2-12(11-13-7-3-4-8-14(13)18)16(20)19-10-6-5-9-15(19)17(21)22/h3-4,7-8,12,15H,2,5-6,9-11H2,1H3,(H,21,22). The molecule has 1 saturated heterocycles. The van der Waals surface area contributed by atoms with Gasteiger partial charge in [-0.1, -0.05) is 41.1 Å². The Kier molecular flexibility index (Phi) is 6.00. The highest BCUT2D eigenvalue weighted by atomic mass is 79.9. The average molecular weight is 368 g/mol. The van der Waals surface area contributed by atoms with E-state index >= 15 is 0 Å². The fourth-order valence-electron chi connectivity index (χ4n) is 3.02. The third kappa shape index (κ3) is 3.88. The zero-order valence-electron chi connectivity index (χ0n) is 12.8. The lowest BCUT2D eigenvalue weighted by molar-refractivity contribution is -0.154. The molecule has 1 amide bonds. The van der Waals surface area contributed by atoms with E-state index in [1.165, 1.54) is 0 Å². The molecule has 1 aliphatic heterocycles. The van der Waals surface area contributed by atoms with E-state index in [9.17, 15) is 14.7 Å². The monoisotopic (exact) mass is 367 g/mol. The summed E-state index contributed by atoms with van der Waals surface area (Å²) in [6.45, 7) is 2.54. The van der Waals surface area contributed by atoms with Gasteiger partial charge < -0.3 is 10.0 Å². The van der Waals surface area contributed by atoms with Crippen molar-refractivity contribution >= 4 is 27.8 Å². The summed E-state index contributed by atoms with van der Waals surface area (Å²) in [5.74, 6) is -1.08. The summed E-state index contributed by atoms with van der Waals surface area (Å²) in [5, 5.41) is 9.34. The van der Waals surface area contributed by atoms with Crippen LogP contribution in [0.1, 0.15) is 38.2 Å². The molecule has 0 aliphatic carbocycles. The number of hydrogen-bond acceptors (Lipinski definition) is 2. The largest absolute Gasteiger partial charge is 0.480 e. The van der Waals surface area contributed by atoms with E-state index in [0.717, 1.165) is 22.9 Å². The molecule has 4 nitrogen and oxygen atoms in total. The van der Waals surface area contributed by atoms with E-state index in [1.807, 2.05) is 31.2 Å². The highest BCUT2D eigenvalue weighted by Crippen LogP contribution is 2.25. The van der Waals surface area contributed by atoms with Gasteiger partial charge in [-0.3, -0.25) is 4.79 Å². The zero-order chi connectivity index (χ0) is 16.1. The summed E-state index contributed by atoms with van der Waals surface area (Å²) in [6.07, 6.45) is 3.68. The first-order valence-electron chi connectivity index (χ1n) is 7.81. The summed E-state index contributed by atoms with van der Waals surface area (Å²) in [6, 6.07) is 7.22. The van der Waals surface area contributed by atoms with Crippen LogP contribution in [0, 0.1) is 5.92 Å². The van der Waals surface area contributed by atoms with Gasteiger partial charge in [0.1, 0.15) is 6.04 Å². The smallest absolute Gasteiger partial charge is 0.326 e. The van der Waals surface area contributed by atoms with Crippen molar-refractivity contribution < 1.29 is 14.7 Å². The molecule has 120 valence electrons. The molecule has 1 N–H and O–H groups in total. The zero-order valence-corrected chi connectivity index (χ0v) is 14.4. The van der Waals surface area contributed by atoms with Gasteiger partial charge in [0, 0.05) is 16.9 Å². The second-order valence-electron chi connectivity index (χ2n) is 5.78. The minimum Gasteiger partial charge on any atom is -0.480 e. The van der Waals surface area contributed by atoms with Crippen LogP contribution in [0.4, 0.5) is 0 Å². The van der Waals surface area contributed by atoms with E-state index in [0.29, 0.717) is 25.8 Å². The molecule has 0 radical (unpaired) electrons. The second-order valence-corrected chi connectivity index (χ2v) is 6.64. The van der Waals surface area contributed by atoms with E-state index in [-0.39, 0.29) is 11.8 Å². The van der Waals surface area contributed by atoms with Gasteiger partial charge >= 0.3 is 5.97 Å². The Labute approximate surface area is 139 Å². The second kappa shape index (κ2) is 7.77. The average Bonchev–Trinajstić information content (AvgIpc) is 2.53. The van der Waals surface area contributed by atoms with Crippen LogP contribution in [0.5, 0.6) is 0 Å². The highest BCUT2D eigenvalue weighted by molar-refractivity contribution is 9.10. The van der Waals surface area contributed by atoms with Gasteiger partial charge in [-0.25, -0.2) is 4.79 Å². The Hall–Kier alpha value is -1.36. The van der Waals surface area contributed by atoms with Crippen LogP contribution in [-0.2, 0) is 16.0 Å². The molecule has 5 heteroatoms. The molecule has 0 bridgehead atoms. The number of likely N-dealkylation sites (tertiary alicyclic amines) is 1. The van der Waals surface area contributed by atoms with Crippen LogP contribution < -0.4 is 0 Å². The predicted octanol–water partition coefficient (Wildman–Crippen LogP) is 3.48. The molecule has 2 rings (SSSR count). The Bertz CT molecular complexity index is 546. The summed E-state index contributed by atoms with van der Waals surface area (Å²) in [4.78, 5) is 25.8. The van der Waals surface area contributed by atoms with E-state index in [4.69, 9.17) is 0 Å². The van der Waals surface area contributed by atoms with Gasteiger partial charge in [-0.2, -0.15) is 0 Å². The topological polar surface area (TPSA) is 57.6 Å². The van der Waals surface area contributed by atoms with Crippen molar-refractivity contribution in [1.82, 2.24) is 4.90 Å². The van der Waals surface area contributed by atoms with Crippen molar-refractivity contribution in [3.63, 3.8) is 0 Å². The van der Waals surface area contributed by atoms with Gasteiger partial charge in [0.05, 0.1) is 0 Å². The number of hydrogen-bond donors (Lipinski definition) is 1. The van der Waals surface area contributed by atoms with Gasteiger partial charge in [0.15, 0.2) is 0 Å². The van der Waals surface area contributed by atoms with Crippen molar-refractivity contribution in [3.8, 4) is 0 Å². The maximum atomic E-state index is 12.8. The number of nitrogens with zero attached hydrogens (tertiary/aromatic N) is 1. The minimum atomic E-state index is -0.885. The molecule has 0 spiro atoms. The molecule has 2 unspecified atom stereocenters. The molecular formula is C17H22BrNO3. The summed E-state index contributed by atoms with van der Waals surface area (Å²) >= 11 is 3.52. The van der Waals surface area contributed by atoms with Crippen molar-refractivity contribution in [2.75, 3.05) is 6.54 Å². The summed E-state index contributed by atoms with van der Waals surface area (Å²) in [7, 11) is 0. The van der Waals surface area contributed by atoms with Crippen LogP contribution in [0.25, 0.3) is 0 Å². The quantitative estimate of drug-likeness (QED) is 0.866. The molecule has 1 aliphatic rings. The Morgan fingerprint density at radius 3 is 2.73 bits per heavy atom. The maximum Gasteiger partial charge on any atom is 0.326 e. The number of carbonyl (C=O) groups excluding carboxylic acids is 1. The van der Waals surface area contributed by atoms with Gasteiger partial charge in [-0.05, 0) is 43.7 Å². The maximum absolute atomic E-state index is 12.8. The lowest BCUT2D eigenvalue weighted by Crippen LogP contribution is -2.50. The van der Waals surface area contributed by atoms with E-state index in [2.05, 4.69) is 15.9 Å². The number of aliphatic carboxylic acids is 1. The molecule has 0 saturated carbocycles. The lowest BCUT2D eigenvalue weighted by atomic mass is 9.93. The Balaban J connectivity index is 2.14. The first-order chi connectivity index (χ1) is 10.5. The van der Waals surface area contributed by atoms with Crippen LogP contribution in [0.15, 0.2) is 28.7 Å². The molecule has 1 heterocycles. The van der Waals surface area contributed by atoms with Crippen LogP contribution >= 0.6 is 15.9 Å². The molecular weight excluding hydrogens is 346 g/mol. The van der Waals surface area contributed by atoms with Crippen LogP contribution in [0.3, 0.4) is 0 Å².